The van der Waals surface area contributed by atoms with Crippen molar-refractivity contribution in [2.24, 2.45) is 0 Å². The van der Waals surface area contributed by atoms with Crippen LogP contribution in [0.4, 0.5) is 10.8 Å². The van der Waals surface area contributed by atoms with Gasteiger partial charge in [-0.2, -0.15) is 0 Å². The first-order chi connectivity index (χ1) is 18.4. The number of thiazole rings is 1. The number of hydrogen-bond acceptors (Lipinski definition) is 6. The van der Waals surface area contributed by atoms with E-state index < -0.39 is 11.8 Å². The zero-order valence-corrected chi connectivity index (χ0v) is 23.5. The molecule has 192 valence electrons. The number of thioether (sulfide) groups is 1. The molecule has 0 saturated carbocycles. The Hall–Kier alpha value is -3.73. The molecule has 0 atom stereocenters. The molecular formula is C28H23BrN4O3S2. The molecule has 3 aromatic carbocycles. The van der Waals surface area contributed by atoms with Crippen LogP contribution in [0.2, 0.25) is 0 Å². The van der Waals surface area contributed by atoms with Crippen LogP contribution in [-0.2, 0) is 9.59 Å². The van der Waals surface area contributed by atoms with Crippen molar-refractivity contribution in [2.75, 3.05) is 16.4 Å². The number of nitrogens with zero attached hydrogens (tertiary/aromatic N) is 1. The van der Waals surface area contributed by atoms with E-state index in [-0.39, 0.29) is 17.4 Å². The minimum atomic E-state index is -0.478. The van der Waals surface area contributed by atoms with E-state index in [0.717, 1.165) is 20.6 Å². The average Bonchev–Trinajstić information content (AvgIpc) is 3.32. The second-order valence-corrected chi connectivity index (χ2v) is 10.9. The lowest BCUT2D eigenvalue weighted by atomic mass is 10.1. The smallest absolute Gasteiger partial charge is 0.272 e. The standard InChI is InChI=1S/C28H23BrN4O3S2/c1-18-16-38-28(30-18)33-25(34)17-37-23-12-6-11-22(15-23)31-27(36)24(14-19-7-5-10-21(29)13-19)32-26(35)20-8-3-2-4-9-20/h2-16H,17H2,1H3,(H,31,36)(H,32,35)(H,30,33,34)/b24-14+. The average molecular weight is 608 g/mol. The van der Waals surface area contributed by atoms with Gasteiger partial charge in [0.1, 0.15) is 5.70 Å². The summed E-state index contributed by atoms with van der Waals surface area (Å²) in [5.41, 5.74) is 2.65. The molecule has 0 saturated heterocycles. The number of nitrogens with one attached hydrogen (secondary N) is 3. The number of amides is 3. The molecule has 1 aromatic heterocycles. The van der Waals surface area contributed by atoms with Crippen molar-refractivity contribution < 1.29 is 14.4 Å². The summed E-state index contributed by atoms with van der Waals surface area (Å²) in [6.45, 7) is 1.87. The molecule has 3 N–H and O–H groups in total. The molecule has 0 unspecified atom stereocenters. The maximum atomic E-state index is 13.3. The minimum Gasteiger partial charge on any atom is -0.321 e. The van der Waals surface area contributed by atoms with E-state index in [1.54, 1.807) is 48.5 Å². The highest BCUT2D eigenvalue weighted by atomic mass is 79.9. The fourth-order valence-electron chi connectivity index (χ4n) is 3.28. The van der Waals surface area contributed by atoms with Crippen LogP contribution in [0, 0.1) is 6.92 Å². The highest BCUT2D eigenvalue weighted by molar-refractivity contribution is 9.10. The molecule has 0 aliphatic heterocycles. The van der Waals surface area contributed by atoms with E-state index in [0.29, 0.717) is 16.4 Å². The van der Waals surface area contributed by atoms with Crippen LogP contribution < -0.4 is 16.0 Å². The van der Waals surface area contributed by atoms with Gasteiger partial charge in [-0.1, -0.05) is 52.3 Å². The Kier molecular flexibility index (Phi) is 9.47. The summed E-state index contributed by atoms with van der Waals surface area (Å²) >= 11 is 6.15. The highest BCUT2D eigenvalue weighted by Crippen LogP contribution is 2.23. The second kappa shape index (κ2) is 13.2. The van der Waals surface area contributed by atoms with E-state index >= 15 is 0 Å². The van der Waals surface area contributed by atoms with Gasteiger partial charge in [0.05, 0.1) is 11.4 Å². The van der Waals surface area contributed by atoms with Gasteiger partial charge in [0, 0.05) is 26.0 Å². The Morgan fingerprint density at radius 3 is 2.50 bits per heavy atom. The van der Waals surface area contributed by atoms with Gasteiger partial charge in [0.2, 0.25) is 5.91 Å². The minimum absolute atomic E-state index is 0.0909. The van der Waals surface area contributed by atoms with Gasteiger partial charge in [-0.15, -0.1) is 23.1 Å². The topological polar surface area (TPSA) is 100 Å². The predicted molar refractivity (Wildman–Crippen MR) is 157 cm³/mol. The SMILES string of the molecule is Cc1csc(NC(=O)CSc2cccc(NC(=O)/C(=C\c3cccc(Br)c3)NC(=O)c3ccccc3)c2)n1. The summed E-state index contributed by atoms with van der Waals surface area (Å²) in [7, 11) is 0. The quantitative estimate of drug-likeness (QED) is 0.152. The Morgan fingerprint density at radius 1 is 0.974 bits per heavy atom. The zero-order chi connectivity index (χ0) is 26.9. The summed E-state index contributed by atoms with van der Waals surface area (Å²) in [6.07, 6.45) is 1.62. The molecule has 38 heavy (non-hydrogen) atoms. The van der Waals surface area contributed by atoms with Crippen molar-refractivity contribution in [2.45, 2.75) is 11.8 Å². The van der Waals surface area contributed by atoms with Gasteiger partial charge < -0.3 is 16.0 Å². The van der Waals surface area contributed by atoms with Crippen molar-refractivity contribution in [1.29, 1.82) is 0 Å². The molecule has 4 aromatic rings. The van der Waals surface area contributed by atoms with Crippen LogP contribution in [0.5, 0.6) is 0 Å². The number of halogens is 1. The van der Waals surface area contributed by atoms with E-state index in [1.165, 1.54) is 23.1 Å². The van der Waals surface area contributed by atoms with Crippen molar-refractivity contribution in [3.8, 4) is 0 Å². The molecule has 0 aliphatic rings. The van der Waals surface area contributed by atoms with Crippen LogP contribution >= 0.6 is 39.0 Å². The van der Waals surface area contributed by atoms with Crippen LogP contribution in [-0.4, -0.2) is 28.5 Å². The first-order valence-corrected chi connectivity index (χ1v) is 14.1. The van der Waals surface area contributed by atoms with Crippen molar-refractivity contribution in [3.05, 3.63) is 111 Å². The summed E-state index contributed by atoms with van der Waals surface area (Å²) in [4.78, 5) is 43.4. The lowest BCUT2D eigenvalue weighted by Gasteiger charge is -2.12. The van der Waals surface area contributed by atoms with E-state index in [9.17, 15) is 14.4 Å². The van der Waals surface area contributed by atoms with Crippen molar-refractivity contribution in [3.63, 3.8) is 0 Å². The summed E-state index contributed by atoms with van der Waals surface area (Å²) in [5.74, 6) is -0.848. The molecule has 0 aliphatic carbocycles. The number of carbonyl (C=O) groups excluding carboxylic acids is 3. The Balaban J connectivity index is 1.45. The summed E-state index contributed by atoms with van der Waals surface area (Å²) in [6, 6.07) is 23.3. The maximum absolute atomic E-state index is 13.3. The summed E-state index contributed by atoms with van der Waals surface area (Å²) < 4.78 is 0.846. The number of rotatable bonds is 9. The third-order valence-corrected chi connectivity index (χ3v) is 7.38. The molecule has 0 radical (unpaired) electrons. The van der Waals surface area contributed by atoms with Gasteiger partial charge in [-0.05, 0) is 61.0 Å². The largest absolute Gasteiger partial charge is 0.321 e. The summed E-state index contributed by atoms with van der Waals surface area (Å²) in [5, 5.41) is 10.8. The van der Waals surface area contributed by atoms with Gasteiger partial charge in [-0.25, -0.2) is 4.98 Å². The van der Waals surface area contributed by atoms with Crippen LogP contribution in [0.25, 0.3) is 6.08 Å². The van der Waals surface area contributed by atoms with E-state index in [4.69, 9.17) is 0 Å². The number of benzene rings is 3. The number of aromatic nitrogens is 1. The van der Waals surface area contributed by atoms with Gasteiger partial charge in [0.15, 0.2) is 5.13 Å². The molecule has 3 amide bonds. The molecule has 0 bridgehead atoms. The number of aryl methyl sites for hydroxylation is 1. The lowest BCUT2D eigenvalue weighted by Crippen LogP contribution is -2.30. The van der Waals surface area contributed by atoms with Crippen LogP contribution in [0.1, 0.15) is 21.6 Å². The predicted octanol–water partition coefficient (Wildman–Crippen LogP) is 6.35. The normalized spacial score (nSPS) is 11.1. The Morgan fingerprint density at radius 2 is 1.76 bits per heavy atom. The van der Waals surface area contributed by atoms with Gasteiger partial charge >= 0.3 is 0 Å². The Bertz CT molecular complexity index is 1490. The molecule has 1 heterocycles. The number of hydrogen-bond donors (Lipinski definition) is 3. The zero-order valence-electron chi connectivity index (χ0n) is 20.2. The third-order valence-electron chi connectivity index (χ3n) is 5.02. The van der Waals surface area contributed by atoms with Gasteiger partial charge in [-0.3, -0.25) is 14.4 Å². The number of carbonyl (C=O) groups is 3. The van der Waals surface area contributed by atoms with E-state index in [1.807, 2.05) is 48.7 Å². The first-order valence-electron chi connectivity index (χ1n) is 11.5. The third kappa shape index (κ3) is 8.14. The first kappa shape index (κ1) is 27.3. The maximum Gasteiger partial charge on any atom is 0.272 e. The lowest BCUT2D eigenvalue weighted by molar-refractivity contribution is -0.114. The van der Waals surface area contributed by atoms with Crippen molar-refractivity contribution in [1.82, 2.24) is 10.3 Å². The van der Waals surface area contributed by atoms with Crippen LogP contribution in [0.15, 0.2) is 99.3 Å². The number of anilines is 2. The van der Waals surface area contributed by atoms with Gasteiger partial charge in [0.25, 0.3) is 11.8 Å². The molecule has 0 fully saturated rings. The molecule has 10 heteroatoms. The molecule has 7 nitrogen and oxygen atoms in total. The molecular weight excluding hydrogens is 584 g/mol. The van der Waals surface area contributed by atoms with Crippen LogP contribution in [0.3, 0.4) is 0 Å². The Labute approximate surface area is 236 Å². The molecule has 0 spiro atoms. The second-order valence-electron chi connectivity index (χ2n) is 8.05. The highest BCUT2D eigenvalue weighted by Gasteiger charge is 2.16. The van der Waals surface area contributed by atoms with E-state index in [2.05, 4.69) is 36.9 Å². The van der Waals surface area contributed by atoms with Crippen molar-refractivity contribution >= 4 is 73.6 Å². The fourth-order valence-corrected chi connectivity index (χ4v) is 5.16. The molecule has 4 rings (SSSR count). The fraction of sp³-hybridized carbons (Fsp3) is 0.0714. The monoisotopic (exact) mass is 606 g/mol.